The lowest BCUT2D eigenvalue weighted by Crippen LogP contribution is -2.46. The molecule has 0 aromatic heterocycles. The van der Waals surface area contributed by atoms with Gasteiger partial charge in [-0.15, -0.1) is 0 Å². The van der Waals surface area contributed by atoms with E-state index in [9.17, 15) is 31.5 Å². The maximum atomic E-state index is 13.3. The van der Waals surface area contributed by atoms with Gasteiger partial charge in [0.2, 0.25) is 0 Å². The SMILES string of the molecule is Cc1ccc(S(=O)(=O)Oc2ccc(C3c4ccc(O)cc4CCN3C(=O)C(F)(F)F)cc2)cc1. The number of phenolic OH excluding ortho intramolecular Hbond substituents is 1. The average molecular weight is 491 g/mol. The van der Waals surface area contributed by atoms with Crippen LogP contribution >= 0.6 is 0 Å². The molecular formula is C24H20F3NO5S. The first kappa shape index (κ1) is 23.6. The lowest BCUT2D eigenvalue weighted by molar-refractivity contribution is -0.187. The molecule has 1 aliphatic rings. The van der Waals surface area contributed by atoms with E-state index >= 15 is 0 Å². The average Bonchev–Trinajstić information content (AvgIpc) is 2.78. The molecule has 178 valence electrons. The van der Waals surface area contributed by atoms with Gasteiger partial charge in [0.1, 0.15) is 16.4 Å². The molecule has 1 N–H and O–H groups in total. The molecule has 0 radical (unpaired) electrons. The molecule has 0 spiro atoms. The van der Waals surface area contributed by atoms with E-state index in [-0.39, 0.29) is 29.4 Å². The van der Waals surface area contributed by atoms with Crippen molar-refractivity contribution in [2.75, 3.05) is 6.54 Å². The maximum Gasteiger partial charge on any atom is 0.471 e. The largest absolute Gasteiger partial charge is 0.508 e. The Balaban J connectivity index is 1.67. The van der Waals surface area contributed by atoms with E-state index in [0.717, 1.165) is 10.5 Å². The standard InChI is InChI=1S/C24H20F3NO5S/c1-15-2-9-20(10-3-15)34(31,32)33-19-7-4-16(5-8-19)22-21-11-6-18(29)14-17(21)12-13-28(22)23(30)24(25,26)27/h2-11,14,22,29H,12-13H2,1H3. The van der Waals surface area contributed by atoms with E-state index in [0.29, 0.717) is 16.7 Å². The van der Waals surface area contributed by atoms with Crippen molar-refractivity contribution in [2.45, 2.75) is 30.5 Å². The van der Waals surface area contributed by atoms with Crippen LogP contribution in [-0.4, -0.2) is 37.1 Å². The second kappa shape index (κ2) is 8.68. The first-order valence-corrected chi connectivity index (χ1v) is 11.7. The van der Waals surface area contributed by atoms with Crippen LogP contribution in [0.5, 0.6) is 11.5 Å². The summed E-state index contributed by atoms with van der Waals surface area (Å²) < 4.78 is 70.1. The molecule has 4 rings (SSSR count). The highest BCUT2D eigenvalue weighted by Gasteiger charge is 2.46. The Kier molecular flexibility index (Phi) is 6.03. The Morgan fingerprint density at radius 2 is 1.68 bits per heavy atom. The molecule has 0 aliphatic carbocycles. The minimum atomic E-state index is -5.06. The number of aromatic hydroxyl groups is 1. The normalized spacial score (nSPS) is 16.1. The number of carbonyl (C=O) groups is 1. The predicted octanol–water partition coefficient (Wildman–Crippen LogP) is 4.50. The van der Waals surface area contributed by atoms with Crippen LogP contribution in [0, 0.1) is 6.92 Å². The number of hydrogen-bond acceptors (Lipinski definition) is 5. The second-order valence-electron chi connectivity index (χ2n) is 7.95. The topological polar surface area (TPSA) is 83.9 Å². The second-order valence-corrected chi connectivity index (χ2v) is 9.50. The third kappa shape index (κ3) is 4.72. The molecule has 3 aromatic rings. The summed E-state index contributed by atoms with van der Waals surface area (Å²) in [6, 6.07) is 14.8. The van der Waals surface area contributed by atoms with Crippen LogP contribution in [0.1, 0.15) is 28.3 Å². The predicted molar refractivity (Wildman–Crippen MR) is 117 cm³/mol. The Labute approximate surface area is 194 Å². The fourth-order valence-electron chi connectivity index (χ4n) is 3.94. The molecule has 10 heteroatoms. The van der Waals surface area contributed by atoms with Crippen molar-refractivity contribution in [3.8, 4) is 11.5 Å². The van der Waals surface area contributed by atoms with Gasteiger partial charge in [0.15, 0.2) is 0 Å². The van der Waals surface area contributed by atoms with E-state index < -0.39 is 28.2 Å². The summed E-state index contributed by atoms with van der Waals surface area (Å²) in [6.07, 6.45) is -4.91. The van der Waals surface area contributed by atoms with Crippen molar-refractivity contribution in [2.24, 2.45) is 0 Å². The molecule has 1 amide bonds. The quantitative estimate of drug-likeness (QED) is 0.543. The molecule has 3 aromatic carbocycles. The molecule has 1 aliphatic heterocycles. The van der Waals surface area contributed by atoms with Gasteiger partial charge >= 0.3 is 22.2 Å². The minimum Gasteiger partial charge on any atom is -0.508 e. The summed E-state index contributed by atoms with van der Waals surface area (Å²) in [4.78, 5) is 12.9. The Hall–Kier alpha value is -3.53. The number of phenols is 1. The van der Waals surface area contributed by atoms with E-state index in [1.807, 2.05) is 6.92 Å². The Bertz CT molecular complexity index is 1320. The fourth-order valence-corrected chi connectivity index (χ4v) is 4.87. The minimum absolute atomic E-state index is 0.0280. The van der Waals surface area contributed by atoms with Crippen molar-refractivity contribution in [1.82, 2.24) is 4.90 Å². The number of fused-ring (bicyclic) bond motifs is 1. The molecule has 1 heterocycles. The van der Waals surface area contributed by atoms with E-state index in [1.54, 1.807) is 12.1 Å². The Morgan fingerprint density at radius 1 is 1.03 bits per heavy atom. The number of alkyl halides is 3. The van der Waals surface area contributed by atoms with Crippen molar-refractivity contribution in [3.05, 3.63) is 89.0 Å². The van der Waals surface area contributed by atoms with E-state index in [2.05, 4.69) is 0 Å². The van der Waals surface area contributed by atoms with Gasteiger partial charge in [0, 0.05) is 6.54 Å². The number of carbonyl (C=O) groups excluding carboxylic acids is 1. The van der Waals surface area contributed by atoms with Gasteiger partial charge in [0.05, 0.1) is 6.04 Å². The monoisotopic (exact) mass is 491 g/mol. The summed E-state index contributed by atoms with van der Waals surface area (Å²) in [5.41, 5.74) is 2.28. The molecule has 34 heavy (non-hydrogen) atoms. The van der Waals surface area contributed by atoms with Crippen LogP contribution in [0.25, 0.3) is 0 Å². The molecule has 0 fully saturated rings. The third-order valence-corrected chi connectivity index (χ3v) is 6.83. The van der Waals surface area contributed by atoms with Crippen LogP contribution < -0.4 is 4.18 Å². The van der Waals surface area contributed by atoms with Crippen LogP contribution in [0.3, 0.4) is 0 Å². The van der Waals surface area contributed by atoms with Crippen LogP contribution in [0.4, 0.5) is 13.2 Å². The molecule has 0 saturated heterocycles. The van der Waals surface area contributed by atoms with Crippen molar-refractivity contribution in [1.29, 1.82) is 0 Å². The van der Waals surface area contributed by atoms with Gasteiger partial charge in [-0.25, -0.2) is 0 Å². The molecule has 1 atom stereocenters. The van der Waals surface area contributed by atoms with Gasteiger partial charge in [-0.3, -0.25) is 4.79 Å². The highest BCUT2D eigenvalue weighted by molar-refractivity contribution is 7.87. The fraction of sp³-hybridized carbons (Fsp3) is 0.208. The molecule has 1 unspecified atom stereocenters. The van der Waals surface area contributed by atoms with Gasteiger partial charge in [0.25, 0.3) is 0 Å². The molecule has 0 bridgehead atoms. The molecular weight excluding hydrogens is 471 g/mol. The maximum absolute atomic E-state index is 13.3. The lowest BCUT2D eigenvalue weighted by atomic mass is 9.88. The summed E-state index contributed by atoms with van der Waals surface area (Å²) >= 11 is 0. The summed E-state index contributed by atoms with van der Waals surface area (Å²) in [5, 5.41) is 9.77. The Morgan fingerprint density at radius 3 is 2.29 bits per heavy atom. The summed E-state index contributed by atoms with van der Waals surface area (Å²) in [7, 11) is -4.11. The number of nitrogens with zero attached hydrogens (tertiary/aromatic N) is 1. The number of amides is 1. The zero-order valence-electron chi connectivity index (χ0n) is 17.9. The van der Waals surface area contributed by atoms with Crippen molar-refractivity contribution in [3.63, 3.8) is 0 Å². The van der Waals surface area contributed by atoms with Gasteiger partial charge in [-0.1, -0.05) is 35.9 Å². The zero-order valence-corrected chi connectivity index (χ0v) is 18.7. The number of rotatable bonds is 4. The van der Waals surface area contributed by atoms with E-state index in [4.69, 9.17) is 4.18 Å². The molecule has 0 saturated carbocycles. The number of hydrogen-bond donors (Lipinski definition) is 1. The number of aryl methyl sites for hydroxylation is 1. The lowest BCUT2D eigenvalue weighted by Gasteiger charge is -2.38. The van der Waals surface area contributed by atoms with Crippen molar-refractivity contribution < 1.29 is 35.7 Å². The first-order chi connectivity index (χ1) is 16.0. The number of benzene rings is 3. The molecule has 6 nitrogen and oxygen atoms in total. The van der Waals surface area contributed by atoms with Crippen LogP contribution in [-0.2, 0) is 21.3 Å². The smallest absolute Gasteiger partial charge is 0.471 e. The third-order valence-electron chi connectivity index (χ3n) is 5.57. The first-order valence-electron chi connectivity index (χ1n) is 10.3. The van der Waals surface area contributed by atoms with Crippen molar-refractivity contribution >= 4 is 16.0 Å². The van der Waals surface area contributed by atoms with Gasteiger partial charge in [-0.05, 0) is 66.4 Å². The summed E-state index contributed by atoms with van der Waals surface area (Å²) in [5.74, 6) is -2.03. The van der Waals surface area contributed by atoms with Crippen LogP contribution in [0.2, 0.25) is 0 Å². The summed E-state index contributed by atoms with van der Waals surface area (Å²) in [6.45, 7) is 1.62. The number of halogens is 3. The van der Waals surface area contributed by atoms with E-state index in [1.165, 1.54) is 54.6 Å². The van der Waals surface area contributed by atoms with Crippen LogP contribution in [0.15, 0.2) is 71.6 Å². The van der Waals surface area contributed by atoms with Gasteiger partial charge in [-0.2, -0.15) is 21.6 Å². The highest BCUT2D eigenvalue weighted by atomic mass is 32.2. The van der Waals surface area contributed by atoms with Gasteiger partial charge < -0.3 is 14.2 Å². The highest BCUT2D eigenvalue weighted by Crippen LogP contribution is 2.39. The zero-order chi connectivity index (χ0) is 24.7.